The molecule has 29 heavy (non-hydrogen) atoms. The summed E-state index contributed by atoms with van der Waals surface area (Å²) >= 11 is 5.90. The van der Waals surface area contributed by atoms with Crippen molar-refractivity contribution in [2.75, 3.05) is 37.6 Å². The highest BCUT2D eigenvalue weighted by molar-refractivity contribution is 6.30. The predicted octanol–water partition coefficient (Wildman–Crippen LogP) is 2.21. The average Bonchev–Trinajstić information content (AvgIpc) is 3.38. The maximum absolute atomic E-state index is 12.6. The van der Waals surface area contributed by atoms with Crippen molar-refractivity contribution in [3.05, 3.63) is 53.4 Å². The van der Waals surface area contributed by atoms with Crippen LogP contribution in [0.25, 0.3) is 0 Å². The Morgan fingerprint density at radius 3 is 2.38 bits per heavy atom. The lowest BCUT2D eigenvalue weighted by Gasteiger charge is -2.34. The number of halogens is 1. The van der Waals surface area contributed by atoms with Crippen LogP contribution in [0.15, 0.2) is 47.1 Å². The number of amides is 4. The molecule has 9 heteroatoms. The number of anilines is 1. The topological polar surface area (TPSA) is 86.1 Å². The Bertz CT molecular complexity index is 892. The molecule has 3 heterocycles. The number of hydrogen-bond acceptors (Lipinski definition) is 4. The minimum Gasteiger partial charge on any atom is -0.459 e. The zero-order valence-electron chi connectivity index (χ0n) is 15.7. The number of benzene rings is 1. The SMILES string of the molecule is O=C(N[C@@H]1CC(=O)N(c2ccc(Cl)cc2)C1)N1CCN(C(=O)c2ccco2)CC1. The third-order valence-electron chi connectivity index (χ3n) is 5.18. The molecule has 2 fully saturated rings. The van der Waals surface area contributed by atoms with Crippen LogP contribution in [0.1, 0.15) is 17.0 Å². The minimum absolute atomic E-state index is 0.0357. The van der Waals surface area contributed by atoms with Crippen LogP contribution in [0.4, 0.5) is 10.5 Å². The first-order valence-electron chi connectivity index (χ1n) is 9.45. The highest BCUT2D eigenvalue weighted by atomic mass is 35.5. The fourth-order valence-corrected chi connectivity index (χ4v) is 3.74. The number of furan rings is 1. The molecule has 152 valence electrons. The summed E-state index contributed by atoms with van der Waals surface area (Å²) in [5, 5.41) is 3.54. The van der Waals surface area contributed by atoms with Gasteiger partial charge in [-0.25, -0.2) is 4.79 Å². The van der Waals surface area contributed by atoms with E-state index in [1.165, 1.54) is 6.26 Å². The molecule has 0 radical (unpaired) electrons. The van der Waals surface area contributed by atoms with Crippen molar-refractivity contribution in [2.24, 2.45) is 0 Å². The molecule has 1 atom stereocenters. The number of nitrogens with zero attached hydrogens (tertiary/aromatic N) is 3. The number of rotatable bonds is 3. The van der Waals surface area contributed by atoms with Crippen molar-refractivity contribution in [3.63, 3.8) is 0 Å². The van der Waals surface area contributed by atoms with Crippen molar-refractivity contribution < 1.29 is 18.8 Å². The van der Waals surface area contributed by atoms with Crippen molar-refractivity contribution in [2.45, 2.75) is 12.5 Å². The molecule has 1 aromatic carbocycles. The lowest BCUT2D eigenvalue weighted by molar-refractivity contribution is -0.117. The van der Waals surface area contributed by atoms with Crippen LogP contribution in [-0.2, 0) is 4.79 Å². The molecule has 0 bridgehead atoms. The van der Waals surface area contributed by atoms with Crippen LogP contribution < -0.4 is 10.2 Å². The van der Waals surface area contributed by atoms with Crippen molar-refractivity contribution in [3.8, 4) is 0 Å². The molecule has 0 unspecified atom stereocenters. The number of nitrogens with one attached hydrogen (secondary N) is 1. The normalized spacial score (nSPS) is 19.6. The Morgan fingerprint density at radius 1 is 1.03 bits per heavy atom. The Labute approximate surface area is 173 Å². The molecule has 2 aliphatic rings. The summed E-state index contributed by atoms with van der Waals surface area (Å²) in [7, 11) is 0. The van der Waals surface area contributed by atoms with Gasteiger partial charge in [0.05, 0.1) is 12.3 Å². The second-order valence-corrected chi connectivity index (χ2v) is 7.52. The number of carbonyl (C=O) groups is 3. The Balaban J connectivity index is 1.28. The van der Waals surface area contributed by atoms with Gasteiger partial charge in [-0.15, -0.1) is 0 Å². The molecule has 0 spiro atoms. The summed E-state index contributed by atoms with van der Waals surface area (Å²) in [4.78, 5) is 42.2. The van der Waals surface area contributed by atoms with E-state index in [0.29, 0.717) is 43.5 Å². The third-order valence-corrected chi connectivity index (χ3v) is 5.43. The second-order valence-electron chi connectivity index (χ2n) is 7.09. The Kier molecular flexibility index (Phi) is 5.44. The van der Waals surface area contributed by atoms with E-state index in [-0.39, 0.29) is 30.3 Å². The van der Waals surface area contributed by atoms with Gasteiger partial charge in [-0.05, 0) is 36.4 Å². The molecule has 0 aliphatic carbocycles. The highest BCUT2D eigenvalue weighted by Gasteiger charge is 2.33. The largest absolute Gasteiger partial charge is 0.459 e. The molecule has 2 saturated heterocycles. The lowest BCUT2D eigenvalue weighted by atomic mass is 10.2. The predicted molar refractivity (Wildman–Crippen MR) is 107 cm³/mol. The smallest absolute Gasteiger partial charge is 0.317 e. The Hall–Kier alpha value is -3.00. The van der Waals surface area contributed by atoms with E-state index in [2.05, 4.69) is 5.32 Å². The van der Waals surface area contributed by atoms with Gasteiger partial charge in [0.15, 0.2) is 5.76 Å². The van der Waals surface area contributed by atoms with E-state index < -0.39 is 0 Å². The van der Waals surface area contributed by atoms with Crippen LogP contribution in [0.2, 0.25) is 5.02 Å². The molecule has 2 aliphatic heterocycles. The maximum atomic E-state index is 12.6. The summed E-state index contributed by atoms with van der Waals surface area (Å²) in [5.74, 6) is 0.0937. The second kappa shape index (κ2) is 8.16. The third kappa shape index (κ3) is 4.22. The van der Waals surface area contributed by atoms with E-state index in [0.717, 1.165) is 5.69 Å². The van der Waals surface area contributed by atoms with Crippen molar-refractivity contribution in [1.82, 2.24) is 15.1 Å². The van der Waals surface area contributed by atoms with Gasteiger partial charge in [-0.1, -0.05) is 11.6 Å². The monoisotopic (exact) mass is 416 g/mol. The molecule has 1 N–H and O–H groups in total. The molecule has 4 amide bonds. The zero-order valence-corrected chi connectivity index (χ0v) is 16.5. The summed E-state index contributed by atoms with van der Waals surface area (Å²) in [6.45, 7) is 2.16. The molecule has 8 nitrogen and oxygen atoms in total. The van der Waals surface area contributed by atoms with Crippen molar-refractivity contribution in [1.29, 1.82) is 0 Å². The average molecular weight is 417 g/mol. The van der Waals surface area contributed by atoms with E-state index in [1.54, 1.807) is 51.1 Å². The fraction of sp³-hybridized carbons (Fsp3) is 0.350. The number of hydrogen-bond donors (Lipinski definition) is 1. The minimum atomic E-state index is -0.256. The van der Waals surface area contributed by atoms with Gasteiger partial charge in [0, 0.05) is 49.9 Å². The van der Waals surface area contributed by atoms with Gasteiger partial charge in [0.25, 0.3) is 5.91 Å². The first kappa shape index (κ1) is 19.3. The van der Waals surface area contributed by atoms with E-state index in [1.807, 2.05) is 0 Å². The standard InChI is InChI=1S/C20H21ClN4O4/c21-14-3-5-16(6-4-14)25-13-15(12-18(25)26)22-20(28)24-9-7-23(8-10-24)19(27)17-2-1-11-29-17/h1-6,11,15H,7-10,12-13H2,(H,22,28)/t15-/m1/s1. The summed E-state index contributed by atoms with van der Waals surface area (Å²) in [6.07, 6.45) is 1.72. The number of piperazine rings is 1. The quantitative estimate of drug-likeness (QED) is 0.831. The van der Waals surface area contributed by atoms with Gasteiger partial charge < -0.3 is 24.4 Å². The molecule has 1 aromatic heterocycles. The summed E-state index contributed by atoms with van der Waals surface area (Å²) in [6, 6.07) is 9.88. The first-order valence-corrected chi connectivity index (χ1v) is 9.83. The van der Waals surface area contributed by atoms with E-state index >= 15 is 0 Å². The molecule has 0 saturated carbocycles. The molecular formula is C20H21ClN4O4. The highest BCUT2D eigenvalue weighted by Crippen LogP contribution is 2.23. The fourth-order valence-electron chi connectivity index (χ4n) is 3.61. The van der Waals surface area contributed by atoms with Gasteiger partial charge in [0.2, 0.25) is 5.91 Å². The molecular weight excluding hydrogens is 396 g/mol. The van der Waals surface area contributed by atoms with E-state index in [9.17, 15) is 14.4 Å². The lowest BCUT2D eigenvalue weighted by Crippen LogP contribution is -2.54. The van der Waals surface area contributed by atoms with Gasteiger partial charge in [-0.2, -0.15) is 0 Å². The van der Waals surface area contributed by atoms with Crippen LogP contribution in [0, 0.1) is 0 Å². The van der Waals surface area contributed by atoms with Crippen LogP contribution in [0.5, 0.6) is 0 Å². The van der Waals surface area contributed by atoms with Gasteiger partial charge >= 0.3 is 6.03 Å². The Morgan fingerprint density at radius 2 is 1.72 bits per heavy atom. The van der Waals surface area contributed by atoms with Crippen LogP contribution in [0.3, 0.4) is 0 Å². The van der Waals surface area contributed by atoms with E-state index in [4.69, 9.17) is 16.0 Å². The van der Waals surface area contributed by atoms with Gasteiger partial charge in [-0.3, -0.25) is 9.59 Å². The summed E-state index contributed by atoms with van der Waals surface area (Å²) in [5.41, 5.74) is 0.765. The number of urea groups is 1. The zero-order chi connectivity index (χ0) is 20.4. The van der Waals surface area contributed by atoms with Crippen LogP contribution in [-0.4, -0.2) is 66.4 Å². The van der Waals surface area contributed by atoms with Crippen LogP contribution >= 0.6 is 11.6 Å². The first-order chi connectivity index (χ1) is 14.0. The maximum Gasteiger partial charge on any atom is 0.317 e. The molecule has 4 rings (SSSR count). The van der Waals surface area contributed by atoms with Crippen molar-refractivity contribution >= 4 is 35.1 Å². The molecule has 2 aromatic rings. The number of carbonyl (C=O) groups excluding carboxylic acids is 3. The summed E-state index contributed by atoms with van der Waals surface area (Å²) < 4.78 is 5.15. The van der Waals surface area contributed by atoms with Gasteiger partial charge in [0.1, 0.15) is 0 Å².